The Morgan fingerprint density at radius 2 is 2.16 bits per heavy atom. The second kappa shape index (κ2) is 6.19. The zero-order valence-corrected chi connectivity index (χ0v) is 10.8. The lowest BCUT2D eigenvalue weighted by atomic mass is 10.3. The fourth-order valence-corrected chi connectivity index (χ4v) is 1.82. The van der Waals surface area contributed by atoms with Crippen molar-refractivity contribution in [2.24, 2.45) is 0 Å². The Morgan fingerprint density at radius 1 is 1.32 bits per heavy atom. The standard InChI is InChI=1S/C13H17N3O3/c1-2-15-6-3-12(17)16(13(15)18)7-5-14-9-11-4-8-19-10-11/h3-4,6,8,10,14H,2,5,7,9H2,1H3. The Balaban J connectivity index is 1.96. The van der Waals surface area contributed by atoms with Gasteiger partial charge >= 0.3 is 5.69 Å². The smallest absolute Gasteiger partial charge is 0.330 e. The third-order valence-electron chi connectivity index (χ3n) is 2.90. The maximum absolute atomic E-state index is 11.9. The molecule has 2 aromatic heterocycles. The van der Waals surface area contributed by atoms with E-state index in [4.69, 9.17) is 4.42 Å². The number of hydrogen-bond donors (Lipinski definition) is 1. The molecule has 2 aromatic rings. The van der Waals surface area contributed by atoms with Crippen LogP contribution in [0, 0.1) is 0 Å². The van der Waals surface area contributed by atoms with E-state index in [0.717, 1.165) is 5.56 Å². The third kappa shape index (κ3) is 3.23. The van der Waals surface area contributed by atoms with Crippen LogP contribution in [0.4, 0.5) is 0 Å². The van der Waals surface area contributed by atoms with Crippen molar-refractivity contribution in [3.63, 3.8) is 0 Å². The molecular formula is C13H17N3O3. The van der Waals surface area contributed by atoms with Gasteiger partial charge in [0.2, 0.25) is 0 Å². The molecule has 0 bridgehead atoms. The minimum absolute atomic E-state index is 0.264. The average molecular weight is 263 g/mol. The lowest BCUT2D eigenvalue weighted by Crippen LogP contribution is -2.40. The van der Waals surface area contributed by atoms with Gasteiger partial charge in [-0.1, -0.05) is 0 Å². The molecule has 1 N–H and O–H groups in total. The first-order chi connectivity index (χ1) is 9.22. The van der Waals surface area contributed by atoms with E-state index in [-0.39, 0.29) is 11.2 Å². The molecule has 0 aliphatic heterocycles. The van der Waals surface area contributed by atoms with Crippen LogP contribution in [0.2, 0.25) is 0 Å². The van der Waals surface area contributed by atoms with Crippen LogP contribution >= 0.6 is 0 Å². The van der Waals surface area contributed by atoms with E-state index in [0.29, 0.717) is 26.2 Å². The average Bonchev–Trinajstić information content (AvgIpc) is 2.91. The lowest BCUT2D eigenvalue weighted by Gasteiger charge is -2.08. The highest BCUT2D eigenvalue weighted by molar-refractivity contribution is 5.04. The van der Waals surface area contributed by atoms with Crippen LogP contribution in [0.5, 0.6) is 0 Å². The zero-order valence-electron chi connectivity index (χ0n) is 10.8. The van der Waals surface area contributed by atoms with E-state index in [1.54, 1.807) is 12.5 Å². The predicted octanol–water partition coefficient (Wildman–Crippen LogP) is 0.413. The van der Waals surface area contributed by atoms with Gasteiger partial charge < -0.3 is 14.3 Å². The molecule has 19 heavy (non-hydrogen) atoms. The summed E-state index contributed by atoms with van der Waals surface area (Å²) in [6.45, 7) is 3.99. The van der Waals surface area contributed by atoms with Gasteiger partial charge in [0.25, 0.3) is 5.56 Å². The van der Waals surface area contributed by atoms with Gasteiger partial charge in [0.15, 0.2) is 0 Å². The molecule has 0 unspecified atom stereocenters. The quantitative estimate of drug-likeness (QED) is 0.767. The maximum atomic E-state index is 11.9. The topological polar surface area (TPSA) is 69.2 Å². The second-order valence-electron chi connectivity index (χ2n) is 4.18. The molecule has 0 fully saturated rings. The first kappa shape index (κ1) is 13.4. The van der Waals surface area contributed by atoms with E-state index in [1.807, 2.05) is 13.0 Å². The molecule has 102 valence electrons. The van der Waals surface area contributed by atoms with Gasteiger partial charge in [-0.3, -0.25) is 9.36 Å². The summed E-state index contributed by atoms with van der Waals surface area (Å²) in [6.07, 6.45) is 4.80. The van der Waals surface area contributed by atoms with Crippen molar-refractivity contribution in [1.29, 1.82) is 0 Å². The van der Waals surface area contributed by atoms with Gasteiger partial charge in [0.1, 0.15) is 0 Å². The molecule has 0 atom stereocenters. The largest absolute Gasteiger partial charge is 0.472 e. The van der Waals surface area contributed by atoms with Gasteiger partial charge in [-0.05, 0) is 13.0 Å². The molecule has 0 radical (unpaired) electrons. The molecule has 0 spiro atoms. The highest BCUT2D eigenvalue weighted by atomic mass is 16.3. The monoisotopic (exact) mass is 263 g/mol. The van der Waals surface area contributed by atoms with Crippen molar-refractivity contribution in [2.75, 3.05) is 6.54 Å². The SMILES string of the molecule is CCn1ccc(=O)n(CCNCc2ccoc2)c1=O. The maximum Gasteiger partial charge on any atom is 0.330 e. The van der Waals surface area contributed by atoms with Crippen LogP contribution in [0.25, 0.3) is 0 Å². The molecule has 6 nitrogen and oxygen atoms in total. The van der Waals surface area contributed by atoms with Crippen LogP contribution in [0.15, 0.2) is 44.9 Å². The van der Waals surface area contributed by atoms with Crippen LogP contribution in [-0.4, -0.2) is 15.7 Å². The normalized spacial score (nSPS) is 10.8. The van der Waals surface area contributed by atoms with Gasteiger partial charge in [-0.2, -0.15) is 0 Å². The van der Waals surface area contributed by atoms with Crippen molar-refractivity contribution in [3.05, 3.63) is 57.3 Å². The summed E-state index contributed by atoms with van der Waals surface area (Å²) >= 11 is 0. The molecule has 0 saturated carbocycles. The number of nitrogens with one attached hydrogen (secondary N) is 1. The molecule has 0 saturated heterocycles. The predicted molar refractivity (Wildman–Crippen MR) is 71.1 cm³/mol. The van der Waals surface area contributed by atoms with Gasteiger partial charge in [-0.25, -0.2) is 4.79 Å². The first-order valence-electron chi connectivity index (χ1n) is 6.24. The summed E-state index contributed by atoms with van der Waals surface area (Å²) in [5.41, 5.74) is 0.506. The first-order valence-corrected chi connectivity index (χ1v) is 6.24. The highest BCUT2D eigenvalue weighted by Gasteiger charge is 2.03. The molecule has 0 amide bonds. The van der Waals surface area contributed by atoms with Gasteiger partial charge in [0, 0.05) is 44.0 Å². The van der Waals surface area contributed by atoms with Crippen molar-refractivity contribution in [1.82, 2.24) is 14.5 Å². The Bertz CT molecular complexity index is 625. The molecule has 0 aromatic carbocycles. The van der Waals surface area contributed by atoms with Crippen molar-refractivity contribution >= 4 is 0 Å². The van der Waals surface area contributed by atoms with Crippen LogP contribution in [0.3, 0.4) is 0 Å². The minimum atomic E-state index is -0.264. The molecule has 0 aliphatic rings. The summed E-state index contributed by atoms with van der Waals surface area (Å²) in [7, 11) is 0. The van der Waals surface area contributed by atoms with Crippen LogP contribution in [0.1, 0.15) is 12.5 Å². The number of rotatable bonds is 6. The summed E-state index contributed by atoms with van der Waals surface area (Å²) in [5, 5.41) is 3.16. The fourth-order valence-electron chi connectivity index (χ4n) is 1.82. The zero-order chi connectivity index (χ0) is 13.7. The Morgan fingerprint density at radius 3 is 2.84 bits per heavy atom. The summed E-state index contributed by atoms with van der Waals surface area (Å²) in [6, 6.07) is 3.28. The fraction of sp³-hybridized carbons (Fsp3) is 0.385. The lowest BCUT2D eigenvalue weighted by molar-refractivity contribution is 0.527. The molecule has 2 rings (SSSR count). The van der Waals surface area contributed by atoms with Gasteiger partial charge in [-0.15, -0.1) is 0 Å². The van der Waals surface area contributed by atoms with E-state index in [1.165, 1.54) is 21.4 Å². The third-order valence-corrected chi connectivity index (χ3v) is 2.90. The summed E-state index contributed by atoms with van der Waals surface area (Å²) < 4.78 is 7.70. The van der Waals surface area contributed by atoms with E-state index in [9.17, 15) is 9.59 Å². The van der Waals surface area contributed by atoms with Crippen LogP contribution < -0.4 is 16.6 Å². The number of aromatic nitrogens is 2. The van der Waals surface area contributed by atoms with Gasteiger partial charge in [0.05, 0.1) is 12.5 Å². The number of hydrogen-bond acceptors (Lipinski definition) is 4. The van der Waals surface area contributed by atoms with Crippen LogP contribution in [-0.2, 0) is 19.6 Å². The Labute approximate surface area is 110 Å². The molecular weight excluding hydrogens is 246 g/mol. The Kier molecular flexibility index (Phi) is 4.35. The second-order valence-corrected chi connectivity index (χ2v) is 4.18. The number of nitrogens with zero attached hydrogens (tertiary/aromatic N) is 2. The minimum Gasteiger partial charge on any atom is -0.472 e. The molecule has 0 aliphatic carbocycles. The highest BCUT2D eigenvalue weighted by Crippen LogP contribution is 1.97. The number of furan rings is 1. The van der Waals surface area contributed by atoms with Crippen molar-refractivity contribution in [2.45, 2.75) is 26.6 Å². The van der Waals surface area contributed by atoms with E-state index < -0.39 is 0 Å². The van der Waals surface area contributed by atoms with E-state index >= 15 is 0 Å². The summed E-state index contributed by atoms with van der Waals surface area (Å²) in [5.74, 6) is 0. The Hall–Kier alpha value is -2.08. The molecule has 2 heterocycles. The molecule has 6 heteroatoms. The van der Waals surface area contributed by atoms with Crippen molar-refractivity contribution in [3.8, 4) is 0 Å². The van der Waals surface area contributed by atoms with Crippen molar-refractivity contribution < 1.29 is 4.42 Å². The summed E-state index contributed by atoms with van der Waals surface area (Å²) in [4.78, 5) is 23.6. The number of aryl methyl sites for hydroxylation is 1. The van der Waals surface area contributed by atoms with E-state index in [2.05, 4.69) is 5.32 Å².